The van der Waals surface area contributed by atoms with E-state index in [2.05, 4.69) is 16.4 Å². The fraction of sp³-hybridized carbons (Fsp3) is 0.429. The third-order valence-corrected chi connectivity index (χ3v) is 5.86. The number of fused-ring (bicyclic) bond motifs is 3. The molecule has 1 aliphatic rings. The van der Waals surface area contributed by atoms with Crippen LogP contribution in [0.3, 0.4) is 0 Å². The topological polar surface area (TPSA) is 28.4 Å². The van der Waals surface area contributed by atoms with Crippen LogP contribution in [0.15, 0.2) is 36.4 Å². The third kappa shape index (κ3) is 3.59. The first kappa shape index (κ1) is 18.1. The predicted octanol–water partition coefficient (Wildman–Crippen LogP) is 5.19. The molecular weight excluding hydrogens is 367 g/mol. The van der Waals surface area contributed by atoms with E-state index in [1.165, 1.54) is 12.8 Å². The molecule has 1 aromatic heterocycles. The Morgan fingerprint density at radius 3 is 2.23 bits per heavy atom. The summed E-state index contributed by atoms with van der Waals surface area (Å²) in [5, 5.41) is 14.3. The van der Waals surface area contributed by atoms with Crippen LogP contribution in [-0.2, 0) is 6.54 Å². The van der Waals surface area contributed by atoms with Gasteiger partial charge in [0, 0.05) is 44.9 Å². The molecule has 0 spiro atoms. The fourth-order valence-electron chi connectivity index (χ4n) is 4.26. The summed E-state index contributed by atoms with van der Waals surface area (Å²) in [5.74, 6) is 0.716. The quantitative estimate of drug-likeness (QED) is 0.663. The lowest BCUT2D eigenvalue weighted by molar-refractivity contribution is 0.0781. The van der Waals surface area contributed by atoms with E-state index < -0.39 is 6.10 Å². The Balaban J connectivity index is 1.66. The second-order valence-electron chi connectivity index (χ2n) is 7.59. The molecule has 2 aromatic carbocycles. The van der Waals surface area contributed by atoms with E-state index >= 15 is 0 Å². The molecule has 3 nitrogen and oxygen atoms in total. The molecule has 2 unspecified atom stereocenters. The molecule has 2 heterocycles. The molecule has 1 aliphatic heterocycles. The van der Waals surface area contributed by atoms with Crippen molar-refractivity contribution in [2.45, 2.75) is 32.4 Å². The summed E-state index contributed by atoms with van der Waals surface area (Å²) < 4.78 is 2.19. The van der Waals surface area contributed by atoms with Gasteiger partial charge in [-0.25, -0.2) is 0 Å². The van der Waals surface area contributed by atoms with Crippen LogP contribution in [-0.4, -0.2) is 40.3 Å². The second kappa shape index (κ2) is 7.40. The highest BCUT2D eigenvalue weighted by Gasteiger charge is 2.20. The number of halogens is 2. The molecule has 26 heavy (non-hydrogen) atoms. The van der Waals surface area contributed by atoms with Crippen molar-refractivity contribution in [3.8, 4) is 0 Å². The Morgan fingerprint density at radius 2 is 1.65 bits per heavy atom. The number of benzene rings is 2. The van der Waals surface area contributed by atoms with Gasteiger partial charge in [0.05, 0.1) is 12.6 Å². The van der Waals surface area contributed by atoms with Crippen LogP contribution in [0.25, 0.3) is 21.8 Å². The summed E-state index contributed by atoms with van der Waals surface area (Å²) in [6, 6.07) is 11.8. The Kier molecular flexibility index (Phi) is 5.15. The van der Waals surface area contributed by atoms with Crippen molar-refractivity contribution in [2.24, 2.45) is 5.92 Å². The summed E-state index contributed by atoms with van der Waals surface area (Å²) in [7, 11) is 0. The fourth-order valence-corrected chi connectivity index (χ4v) is 4.61. The molecule has 4 rings (SSSR count). The van der Waals surface area contributed by atoms with E-state index in [9.17, 15) is 5.11 Å². The SMILES string of the molecule is CC1CCCN(CC(O)Cn2c3ccc(Cl)cc3c3cc(Cl)ccc32)C1. The molecule has 0 radical (unpaired) electrons. The molecule has 5 heteroatoms. The summed E-state index contributed by atoms with van der Waals surface area (Å²) in [4.78, 5) is 2.39. The van der Waals surface area contributed by atoms with Crippen LogP contribution in [0.5, 0.6) is 0 Å². The summed E-state index contributed by atoms with van der Waals surface area (Å²) in [6.07, 6.45) is 2.10. The molecule has 1 N–H and O–H groups in total. The Morgan fingerprint density at radius 1 is 1.04 bits per heavy atom. The number of rotatable bonds is 4. The lowest BCUT2D eigenvalue weighted by atomic mass is 10.00. The first-order valence-electron chi connectivity index (χ1n) is 9.28. The minimum Gasteiger partial charge on any atom is -0.390 e. The molecule has 3 aromatic rings. The summed E-state index contributed by atoms with van der Waals surface area (Å²) >= 11 is 12.4. The number of β-amino-alcohol motifs (C(OH)–C–C–N with tert-alkyl or cyclic N) is 1. The van der Waals surface area contributed by atoms with Gasteiger partial charge in [-0.3, -0.25) is 0 Å². The van der Waals surface area contributed by atoms with Crippen LogP contribution in [0.4, 0.5) is 0 Å². The molecule has 138 valence electrons. The van der Waals surface area contributed by atoms with E-state index in [0.717, 1.165) is 34.9 Å². The molecule has 0 aliphatic carbocycles. The minimum absolute atomic E-state index is 0.412. The predicted molar refractivity (Wildman–Crippen MR) is 110 cm³/mol. The number of hydrogen-bond acceptors (Lipinski definition) is 2. The molecule has 0 bridgehead atoms. The van der Waals surface area contributed by atoms with Crippen LogP contribution < -0.4 is 0 Å². The zero-order chi connectivity index (χ0) is 18.3. The van der Waals surface area contributed by atoms with E-state index in [-0.39, 0.29) is 0 Å². The summed E-state index contributed by atoms with van der Waals surface area (Å²) in [6.45, 7) is 5.73. The minimum atomic E-state index is -0.412. The first-order chi connectivity index (χ1) is 12.5. The largest absolute Gasteiger partial charge is 0.390 e. The smallest absolute Gasteiger partial charge is 0.0845 e. The zero-order valence-corrected chi connectivity index (χ0v) is 16.5. The second-order valence-corrected chi connectivity index (χ2v) is 8.47. The van der Waals surface area contributed by atoms with Gasteiger partial charge in [-0.15, -0.1) is 0 Å². The van der Waals surface area contributed by atoms with Crippen molar-refractivity contribution in [2.75, 3.05) is 19.6 Å². The Bertz CT molecular complexity index is 877. The highest BCUT2D eigenvalue weighted by Crippen LogP contribution is 2.33. The van der Waals surface area contributed by atoms with Gasteiger partial charge in [-0.05, 0) is 61.7 Å². The van der Waals surface area contributed by atoms with Crippen molar-refractivity contribution in [1.82, 2.24) is 9.47 Å². The van der Waals surface area contributed by atoms with E-state index in [1.54, 1.807) is 0 Å². The van der Waals surface area contributed by atoms with Crippen LogP contribution >= 0.6 is 23.2 Å². The maximum Gasteiger partial charge on any atom is 0.0845 e. The van der Waals surface area contributed by atoms with Gasteiger partial charge in [-0.1, -0.05) is 30.1 Å². The average molecular weight is 391 g/mol. The van der Waals surface area contributed by atoms with Crippen LogP contribution in [0.2, 0.25) is 10.0 Å². The zero-order valence-electron chi connectivity index (χ0n) is 15.0. The number of nitrogens with zero attached hydrogens (tertiary/aromatic N) is 2. The molecule has 2 atom stereocenters. The van der Waals surface area contributed by atoms with Gasteiger partial charge in [0.1, 0.15) is 0 Å². The molecule has 1 fully saturated rings. The Hall–Kier alpha value is -1.26. The molecule has 0 saturated carbocycles. The molecular formula is C21H24Cl2N2O. The number of piperidine rings is 1. The monoisotopic (exact) mass is 390 g/mol. The Labute approximate surface area is 164 Å². The average Bonchev–Trinajstić information content (AvgIpc) is 2.87. The van der Waals surface area contributed by atoms with E-state index in [4.69, 9.17) is 23.2 Å². The van der Waals surface area contributed by atoms with Gasteiger partial charge in [0.15, 0.2) is 0 Å². The van der Waals surface area contributed by atoms with Crippen molar-refractivity contribution >= 4 is 45.0 Å². The molecule has 1 saturated heterocycles. The maximum absolute atomic E-state index is 10.8. The van der Waals surface area contributed by atoms with Gasteiger partial charge < -0.3 is 14.6 Å². The number of likely N-dealkylation sites (tertiary alicyclic amines) is 1. The van der Waals surface area contributed by atoms with E-state index in [1.807, 2.05) is 36.4 Å². The van der Waals surface area contributed by atoms with Crippen LogP contribution in [0.1, 0.15) is 19.8 Å². The van der Waals surface area contributed by atoms with Crippen LogP contribution in [0, 0.1) is 5.92 Å². The van der Waals surface area contributed by atoms with Gasteiger partial charge in [-0.2, -0.15) is 0 Å². The van der Waals surface area contributed by atoms with Gasteiger partial charge in [0.2, 0.25) is 0 Å². The van der Waals surface area contributed by atoms with Crippen molar-refractivity contribution < 1.29 is 5.11 Å². The third-order valence-electron chi connectivity index (χ3n) is 5.39. The van der Waals surface area contributed by atoms with Crippen molar-refractivity contribution in [1.29, 1.82) is 0 Å². The van der Waals surface area contributed by atoms with Gasteiger partial charge in [0.25, 0.3) is 0 Å². The maximum atomic E-state index is 10.8. The highest BCUT2D eigenvalue weighted by atomic mass is 35.5. The summed E-state index contributed by atoms with van der Waals surface area (Å²) in [5.41, 5.74) is 2.16. The lowest BCUT2D eigenvalue weighted by Gasteiger charge is -2.32. The number of hydrogen-bond donors (Lipinski definition) is 1. The van der Waals surface area contributed by atoms with Crippen molar-refractivity contribution in [3.63, 3.8) is 0 Å². The van der Waals surface area contributed by atoms with E-state index in [0.29, 0.717) is 29.1 Å². The number of aromatic nitrogens is 1. The molecule has 0 amide bonds. The highest BCUT2D eigenvalue weighted by molar-refractivity contribution is 6.33. The van der Waals surface area contributed by atoms with Crippen molar-refractivity contribution in [3.05, 3.63) is 46.4 Å². The number of aliphatic hydroxyl groups excluding tert-OH is 1. The normalized spacial score (nSPS) is 20.1. The number of aliphatic hydroxyl groups is 1. The lowest BCUT2D eigenvalue weighted by Crippen LogP contribution is -2.40. The standard InChI is InChI=1S/C21H24Cl2N2O/c1-14-3-2-8-24(11-14)12-17(26)13-25-20-6-4-15(22)9-18(20)19-10-16(23)5-7-21(19)25/h4-7,9-10,14,17,26H,2-3,8,11-13H2,1H3. The first-order valence-corrected chi connectivity index (χ1v) is 10.0. The van der Waals surface area contributed by atoms with Gasteiger partial charge >= 0.3 is 0 Å².